The Balaban J connectivity index is 1.76. The molecule has 0 aromatic heterocycles. The zero-order valence-electron chi connectivity index (χ0n) is 14.2. The first-order valence-corrected chi connectivity index (χ1v) is 9.85. The normalized spacial score (nSPS) is 14.3. The standard InChI is InChI=1S/C19H20N2O3S/c1-14(12-15-6-4-3-5-7-15)19(22)20-17-8-9-18-16(13-17)10-11-21(18)25(2,23)24/h3-9,12-13H,10-11H2,1-2H3,(H,20,22)/b14-12+. The molecule has 0 spiro atoms. The van der Waals surface area contributed by atoms with E-state index < -0.39 is 10.0 Å². The molecule has 2 aromatic rings. The van der Waals surface area contributed by atoms with E-state index in [0.29, 0.717) is 29.9 Å². The zero-order chi connectivity index (χ0) is 18.0. The molecule has 5 nitrogen and oxygen atoms in total. The van der Waals surface area contributed by atoms with E-state index in [9.17, 15) is 13.2 Å². The smallest absolute Gasteiger partial charge is 0.251 e. The number of amides is 1. The molecule has 0 unspecified atom stereocenters. The van der Waals surface area contributed by atoms with Gasteiger partial charge in [-0.15, -0.1) is 0 Å². The summed E-state index contributed by atoms with van der Waals surface area (Å²) in [6, 6.07) is 15.0. The van der Waals surface area contributed by atoms with Crippen molar-refractivity contribution in [3.63, 3.8) is 0 Å². The minimum Gasteiger partial charge on any atom is -0.322 e. The van der Waals surface area contributed by atoms with Crippen LogP contribution in [0.3, 0.4) is 0 Å². The molecular formula is C19H20N2O3S. The highest BCUT2D eigenvalue weighted by molar-refractivity contribution is 7.92. The summed E-state index contributed by atoms with van der Waals surface area (Å²) in [7, 11) is -3.26. The molecule has 6 heteroatoms. The average Bonchev–Trinajstić information content (AvgIpc) is 2.99. The van der Waals surface area contributed by atoms with Crippen molar-refractivity contribution in [2.75, 3.05) is 22.4 Å². The van der Waals surface area contributed by atoms with E-state index in [1.807, 2.05) is 42.5 Å². The van der Waals surface area contributed by atoms with Gasteiger partial charge in [0.1, 0.15) is 0 Å². The maximum atomic E-state index is 12.4. The van der Waals surface area contributed by atoms with E-state index in [4.69, 9.17) is 0 Å². The van der Waals surface area contributed by atoms with E-state index >= 15 is 0 Å². The number of nitrogens with one attached hydrogen (secondary N) is 1. The van der Waals surface area contributed by atoms with Gasteiger partial charge >= 0.3 is 0 Å². The second-order valence-corrected chi connectivity index (χ2v) is 8.03. The highest BCUT2D eigenvalue weighted by Gasteiger charge is 2.26. The fourth-order valence-electron chi connectivity index (χ4n) is 2.89. The molecule has 0 bridgehead atoms. The SMILES string of the molecule is C/C(=C\c1ccccc1)C(=O)Nc1ccc2c(c1)CCN2S(C)(=O)=O. The number of nitrogens with zero attached hydrogens (tertiary/aromatic N) is 1. The summed E-state index contributed by atoms with van der Waals surface area (Å²) in [4.78, 5) is 12.4. The van der Waals surface area contributed by atoms with Gasteiger partial charge < -0.3 is 5.32 Å². The van der Waals surface area contributed by atoms with Crippen molar-refractivity contribution in [2.45, 2.75) is 13.3 Å². The molecule has 1 aliphatic rings. The molecule has 25 heavy (non-hydrogen) atoms. The zero-order valence-corrected chi connectivity index (χ0v) is 15.0. The number of rotatable bonds is 4. The number of anilines is 2. The second-order valence-electron chi connectivity index (χ2n) is 6.12. The Morgan fingerprint density at radius 1 is 1.16 bits per heavy atom. The lowest BCUT2D eigenvalue weighted by Gasteiger charge is -2.16. The van der Waals surface area contributed by atoms with Gasteiger partial charge in [-0.1, -0.05) is 30.3 Å². The first-order chi connectivity index (χ1) is 11.8. The van der Waals surface area contributed by atoms with E-state index in [2.05, 4.69) is 5.32 Å². The molecule has 0 saturated heterocycles. The number of carbonyl (C=O) groups is 1. The lowest BCUT2D eigenvalue weighted by Crippen LogP contribution is -2.27. The number of benzene rings is 2. The van der Waals surface area contributed by atoms with Crippen molar-refractivity contribution in [2.24, 2.45) is 0 Å². The quantitative estimate of drug-likeness (QED) is 0.856. The van der Waals surface area contributed by atoms with Gasteiger partial charge in [0.05, 0.1) is 11.9 Å². The maximum absolute atomic E-state index is 12.4. The largest absolute Gasteiger partial charge is 0.322 e. The summed E-state index contributed by atoms with van der Waals surface area (Å²) in [5, 5.41) is 2.87. The Bertz CT molecular complexity index is 934. The van der Waals surface area contributed by atoms with E-state index in [0.717, 1.165) is 11.1 Å². The van der Waals surface area contributed by atoms with Gasteiger partial charge in [0.2, 0.25) is 10.0 Å². The van der Waals surface area contributed by atoms with E-state index in [1.54, 1.807) is 19.1 Å². The molecule has 1 N–H and O–H groups in total. The molecule has 1 amide bonds. The van der Waals surface area contributed by atoms with Crippen LogP contribution in [-0.4, -0.2) is 27.1 Å². The van der Waals surface area contributed by atoms with Crippen LogP contribution < -0.4 is 9.62 Å². The Hall–Kier alpha value is -2.60. The number of carbonyl (C=O) groups excluding carboxylic acids is 1. The van der Waals surface area contributed by atoms with Crippen LogP contribution in [0.15, 0.2) is 54.1 Å². The van der Waals surface area contributed by atoms with Gasteiger partial charge in [0.25, 0.3) is 5.91 Å². The minimum atomic E-state index is -3.26. The van der Waals surface area contributed by atoms with Gasteiger partial charge in [-0.05, 0) is 48.7 Å². The fourth-order valence-corrected chi connectivity index (χ4v) is 3.85. The van der Waals surface area contributed by atoms with Crippen LogP contribution in [0.25, 0.3) is 6.08 Å². The van der Waals surface area contributed by atoms with Gasteiger partial charge in [-0.2, -0.15) is 0 Å². The first-order valence-electron chi connectivity index (χ1n) is 8.00. The Morgan fingerprint density at radius 2 is 1.88 bits per heavy atom. The van der Waals surface area contributed by atoms with Crippen LogP contribution in [0.1, 0.15) is 18.1 Å². The third kappa shape index (κ3) is 3.91. The molecule has 1 aliphatic heterocycles. The van der Waals surface area contributed by atoms with Crippen molar-refractivity contribution in [1.29, 1.82) is 0 Å². The highest BCUT2D eigenvalue weighted by atomic mass is 32.2. The minimum absolute atomic E-state index is 0.179. The van der Waals surface area contributed by atoms with Crippen LogP contribution >= 0.6 is 0 Å². The van der Waals surface area contributed by atoms with Gasteiger partial charge in [0.15, 0.2) is 0 Å². The molecule has 0 aliphatic carbocycles. The van der Waals surface area contributed by atoms with Crippen LogP contribution in [0, 0.1) is 0 Å². The summed E-state index contributed by atoms with van der Waals surface area (Å²) in [5.74, 6) is -0.179. The molecular weight excluding hydrogens is 336 g/mol. The molecule has 1 heterocycles. The van der Waals surface area contributed by atoms with Gasteiger partial charge in [0, 0.05) is 17.8 Å². The highest BCUT2D eigenvalue weighted by Crippen LogP contribution is 2.32. The topological polar surface area (TPSA) is 66.5 Å². The number of sulfonamides is 1. The number of hydrogen-bond acceptors (Lipinski definition) is 3. The molecule has 3 rings (SSSR count). The molecule has 0 radical (unpaired) electrons. The van der Waals surface area contributed by atoms with E-state index in [-0.39, 0.29) is 5.91 Å². The predicted molar refractivity (Wildman–Crippen MR) is 101 cm³/mol. The predicted octanol–water partition coefficient (Wildman–Crippen LogP) is 3.05. The lowest BCUT2D eigenvalue weighted by atomic mass is 10.1. The molecule has 0 atom stereocenters. The van der Waals surface area contributed by atoms with Crippen LogP contribution in [0.5, 0.6) is 0 Å². The van der Waals surface area contributed by atoms with E-state index in [1.165, 1.54) is 10.6 Å². The van der Waals surface area contributed by atoms with Crippen molar-refractivity contribution >= 4 is 33.4 Å². The van der Waals surface area contributed by atoms with Crippen molar-refractivity contribution in [3.8, 4) is 0 Å². The van der Waals surface area contributed by atoms with Crippen LogP contribution in [-0.2, 0) is 21.2 Å². The summed E-state index contributed by atoms with van der Waals surface area (Å²) in [6.45, 7) is 2.21. The monoisotopic (exact) mass is 356 g/mol. The molecule has 0 saturated carbocycles. The summed E-state index contributed by atoms with van der Waals surface area (Å²) >= 11 is 0. The first kappa shape index (κ1) is 17.2. The van der Waals surface area contributed by atoms with Crippen LogP contribution in [0.2, 0.25) is 0 Å². The molecule has 2 aromatic carbocycles. The Labute approximate surface area is 148 Å². The van der Waals surface area contributed by atoms with Crippen molar-refractivity contribution < 1.29 is 13.2 Å². The number of hydrogen-bond donors (Lipinski definition) is 1. The summed E-state index contributed by atoms with van der Waals surface area (Å²) in [6.07, 6.45) is 3.68. The maximum Gasteiger partial charge on any atom is 0.251 e. The fraction of sp³-hybridized carbons (Fsp3) is 0.211. The van der Waals surface area contributed by atoms with Gasteiger partial charge in [-0.25, -0.2) is 8.42 Å². The van der Waals surface area contributed by atoms with Crippen LogP contribution in [0.4, 0.5) is 11.4 Å². The van der Waals surface area contributed by atoms with Crippen molar-refractivity contribution in [1.82, 2.24) is 0 Å². The third-order valence-electron chi connectivity index (χ3n) is 4.13. The third-order valence-corrected chi connectivity index (χ3v) is 5.31. The Morgan fingerprint density at radius 3 is 2.56 bits per heavy atom. The molecule has 0 fully saturated rings. The number of fused-ring (bicyclic) bond motifs is 1. The average molecular weight is 356 g/mol. The summed E-state index contributed by atoms with van der Waals surface area (Å²) in [5.41, 5.74) is 3.85. The lowest BCUT2D eigenvalue weighted by molar-refractivity contribution is -0.112. The Kier molecular flexibility index (Phi) is 4.63. The summed E-state index contributed by atoms with van der Waals surface area (Å²) < 4.78 is 24.9. The second kappa shape index (κ2) is 6.72. The van der Waals surface area contributed by atoms with Gasteiger partial charge in [-0.3, -0.25) is 9.10 Å². The molecule has 130 valence electrons. The van der Waals surface area contributed by atoms with Crippen molar-refractivity contribution in [3.05, 3.63) is 65.2 Å².